The van der Waals surface area contributed by atoms with Gasteiger partial charge < -0.3 is 19.2 Å². The predicted molar refractivity (Wildman–Crippen MR) is 101 cm³/mol. The Morgan fingerprint density at radius 3 is 2.59 bits per heavy atom. The Morgan fingerprint density at radius 2 is 1.89 bits per heavy atom. The summed E-state index contributed by atoms with van der Waals surface area (Å²) in [4.78, 5) is 24.4. The lowest BCUT2D eigenvalue weighted by molar-refractivity contribution is -0.124. The molecule has 0 saturated heterocycles. The first-order valence-corrected chi connectivity index (χ1v) is 8.58. The minimum Gasteiger partial charge on any atom is -0.497 e. The van der Waals surface area contributed by atoms with Crippen LogP contribution in [0.5, 0.6) is 5.75 Å². The summed E-state index contributed by atoms with van der Waals surface area (Å²) in [5.41, 5.74) is 2.17. The number of esters is 1. The number of methoxy groups -OCH3 is 1. The summed E-state index contributed by atoms with van der Waals surface area (Å²) in [6, 6.07) is 14.6. The maximum Gasteiger partial charge on any atom is 0.375 e. The predicted octanol–water partition coefficient (Wildman–Crippen LogP) is 3.78. The Hall–Kier alpha value is -3.28. The Kier molecular flexibility index (Phi) is 5.45. The second-order valence-corrected chi connectivity index (χ2v) is 6.19. The van der Waals surface area contributed by atoms with Crippen LogP contribution in [0.4, 0.5) is 0 Å². The molecule has 3 rings (SSSR count). The van der Waals surface area contributed by atoms with Crippen LogP contribution in [0.15, 0.2) is 52.9 Å². The van der Waals surface area contributed by atoms with Crippen molar-refractivity contribution in [2.24, 2.45) is 0 Å². The molecule has 1 heterocycles. The Morgan fingerprint density at radius 1 is 1.15 bits per heavy atom. The van der Waals surface area contributed by atoms with Gasteiger partial charge in [-0.05, 0) is 37.6 Å². The highest BCUT2D eigenvalue weighted by molar-refractivity contribution is 5.97. The third-order valence-electron chi connectivity index (χ3n) is 4.34. The second-order valence-electron chi connectivity index (χ2n) is 6.19. The smallest absolute Gasteiger partial charge is 0.375 e. The lowest BCUT2D eigenvalue weighted by atomic mass is 10.1. The van der Waals surface area contributed by atoms with Crippen LogP contribution in [0.25, 0.3) is 11.0 Å². The molecule has 3 aromatic rings. The Balaban J connectivity index is 1.63. The van der Waals surface area contributed by atoms with Crippen LogP contribution < -0.4 is 10.1 Å². The third-order valence-corrected chi connectivity index (χ3v) is 4.34. The first-order chi connectivity index (χ1) is 13.0. The molecule has 0 spiro atoms. The first-order valence-electron chi connectivity index (χ1n) is 8.58. The Labute approximate surface area is 157 Å². The summed E-state index contributed by atoms with van der Waals surface area (Å²) in [5.74, 6) is -0.303. The number of hydrogen-bond donors (Lipinski definition) is 1. The summed E-state index contributed by atoms with van der Waals surface area (Å²) in [5, 5.41) is 3.56. The van der Waals surface area contributed by atoms with Crippen molar-refractivity contribution in [2.75, 3.05) is 13.7 Å². The second kappa shape index (κ2) is 7.95. The highest BCUT2D eigenvalue weighted by Gasteiger charge is 2.21. The average Bonchev–Trinajstić information content (AvgIpc) is 3.02. The Bertz CT molecular complexity index is 961. The topological polar surface area (TPSA) is 77.8 Å². The molecule has 6 heteroatoms. The van der Waals surface area contributed by atoms with E-state index in [0.717, 1.165) is 10.9 Å². The molecule has 1 amide bonds. The molecule has 0 bridgehead atoms. The fraction of sp³-hybridized carbons (Fsp3) is 0.238. The van der Waals surface area contributed by atoms with Crippen LogP contribution in [0.2, 0.25) is 0 Å². The fourth-order valence-electron chi connectivity index (χ4n) is 2.83. The number of ether oxygens (including phenoxy) is 2. The largest absolute Gasteiger partial charge is 0.497 e. The number of aryl methyl sites for hydroxylation is 1. The quantitative estimate of drug-likeness (QED) is 0.671. The van der Waals surface area contributed by atoms with Gasteiger partial charge >= 0.3 is 5.97 Å². The molecule has 0 aliphatic heterocycles. The summed E-state index contributed by atoms with van der Waals surface area (Å²) < 4.78 is 15.9. The molecular formula is C21H21NO5. The van der Waals surface area contributed by atoms with Gasteiger partial charge in [-0.2, -0.15) is 0 Å². The lowest BCUT2D eigenvalue weighted by Gasteiger charge is -2.14. The summed E-state index contributed by atoms with van der Waals surface area (Å²) in [6.45, 7) is 3.25. The van der Waals surface area contributed by atoms with Gasteiger partial charge in [0.15, 0.2) is 6.61 Å². The normalized spacial score (nSPS) is 11.8. The van der Waals surface area contributed by atoms with Crippen molar-refractivity contribution in [1.29, 1.82) is 0 Å². The number of rotatable bonds is 6. The van der Waals surface area contributed by atoms with Crippen molar-refractivity contribution in [3.05, 3.63) is 65.4 Å². The number of benzene rings is 2. The number of furan rings is 1. The number of fused-ring (bicyclic) bond motifs is 1. The zero-order valence-corrected chi connectivity index (χ0v) is 15.4. The first kappa shape index (κ1) is 18.5. The lowest BCUT2D eigenvalue weighted by Crippen LogP contribution is -2.31. The number of carbonyl (C=O) groups excluding carboxylic acids is 2. The molecule has 0 unspecified atom stereocenters. The number of nitrogens with one attached hydrogen (secondary N) is 1. The van der Waals surface area contributed by atoms with Gasteiger partial charge in [0.2, 0.25) is 5.76 Å². The van der Waals surface area contributed by atoms with Crippen molar-refractivity contribution >= 4 is 22.8 Å². The van der Waals surface area contributed by atoms with E-state index in [0.29, 0.717) is 16.9 Å². The molecular weight excluding hydrogens is 346 g/mol. The van der Waals surface area contributed by atoms with Crippen molar-refractivity contribution in [2.45, 2.75) is 19.9 Å². The average molecular weight is 367 g/mol. The van der Waals surface area contributed by atoms with E-state index in [2.05, 4.69) is 5.32 Å². The minimum absolute atomic E-state index is 0.0853. The number of amides is 1. The van der Waals surface area contributed by atoms with Gasteiger partial charge in [-0.25, -0.2) is 4.79 Å². The van der Waals surface area contributed by atoms with Crippen LogP contribution in [0, 0.1) is 6.92 Å². The summed E-state index contributed by atoms with van der Waals surface area (Å²) >= 11 is 0. The van der Waals surface area contributed by atoms with Crippen molar-refractivity contribution in [3.63, 3.8) is 0 Å². The molecule has 0 aliphatic rings. The molecule has 0 saturated carbocycles. The fourth-order valence-corrected chi connectivity index (χ4v) is 2.83. The molecule has 0 fully saturated rings. The van der Waals surface area contributed by atoms with E-state index in [-0.39, 0.29) is 24.3 Å². The maximum atomic E-state index is 12.3. The van der Waals surface area contributed by atoms with Gasteiger partial charge in [0.25, 0.3) is 5.91 Å². The van der Waals surface area contributed by atoms with Crippen LogP contribution >= 0.6 is 0 Å². The van der Waals surface area contributed by atoms with Crippen molar-refractivity contribution in [1.82, 2.24) is 5.32 Å². The number of carbonyl (C=O) groups is 2. The molecule has 0 aliphatic carbocycles. The molecule has 6 nitrogen and oxygen atoms in total. The molecule has 1 N–H and O–H groups in total. The van der Waals surface area contributed by atoms with Crippen LogP contribution in [-0.2, 0) is 9.53 Å². The van der Waals surface area contributed by atoms with E-state index in [1.807, 2.05) is 37.3 Å². The maximum absolute atomic E-state index is 12.3. The van der Waals surface area contributed by atoms with Crippen LogP contribution in [0.3, 0.4) is 0 Å². The molecule has 1 aromatic heterocycles. The van der Waals surface area contributed by atoms with E-state index < -0.39 is 5.97 Å². The van der Waals surface area contributed by atoms with E-state index >= 15 is 0 Å². The van der Waals surface area contributed by atoms with Gasteiger partial charge in [-0.15, -0.1) is 0 Å². The molecule has 27 heavy (non-hydrogen) atoms. The van der Waals surface area contributed by atoms with Gasteiger partial charge in [-0.3, -0.25) is 4.79 Å². The standard InChI is InChI=1S/C21H21NO5/c1-13-17-11-16(25-3)9-10-18(17)27-20(13)21(24)26-12-19(23)22-14(2)15-7-5-4-6-8-15/h4-11,14H,12H2,1-3H3,(H,22,23)/t14-/m1/s1. The minimum atomic E-state index is -0.676. The zero-order chi connectivity index (χ0) is 19.4. The van der Waals surface area contributed by atoms with Gasteiger partial charge in [0, 0.05) is 10.9 Å². The highest BCUT2D eigenvalue weighted by atomic mass is 16.5. The van der Waals surface area contributed by atoms with E-state index in [1.165, 1.54) is 0 Å². The van der Waals surface area contributed by atoms with Gasteiger partial charge in [0.05, 0.1) is 13.2 Å². The van der Waals surface area contributed by atoms with E-state index in [9.17, 15) is 9.59 Å². The van der Waals surface area contributed by atoms with Gasteiger partial charge in [0.1, 0.15) is 11.3 Å². The summed E-state index contributed by atoms with van der Waals surface area (Å²) in [7, 11) is 1.57. The van der Waals surface area contributed by atoms with E-state index in [4.69, 9.17) is 13.9 Å². The van der Waals surface area contributed by atoms with E-state index in [1.54, 1.807) is 32.2 Å². The van der Waals surface area contributed by atoms with Crippen molar-refractivity contribution < 1.29 is 23.5 Å². The molecule has 140 valence electrons. The third kappa shape index (κ3) is 4.11. The molecule has 2 aromatic carbocycles. The van der Waals surface area contributed by atoms with Crippen LogP contribution in [0.1, 0.15) is 34.6 Å². The molecule has 1 atom stereocenters. The van der Waals surface area contributed by atoms with Gasteiger partial charge in [-0.1, -0.05) is 30.3 Å². The summed E-state index contributed by atoms with van der Waals surface area (Å²) in [6.07, 6.45) is 0. The monoisotopic (exact) mass is 367 g/mol. The SMILES string of the molecule is COc1ccc2oc(C(=O)OCC(=O)N[C@H](C)c3ccccc3)c(C)c2c1. The van der Waals surface area contributed by atoms with Crippen molar-refractivity contribution in [3.8, 4) is 5.75 Å². The molecule has 0 radical (unpaired) electrons. The zero-order valence-electron chi connectivity index (χ0n) is 15.4. The van der Waals surface area contributed by atoms with Crippen LogP contribution in [-0.4, -0.2) is 25.6 Å². The highest BCUT2D eigenvalue weighted by Crippen LogP contribution is 2.29. The number of hydrogen-bond acceptors (Lipinski definition) is 5.